The highest BCUT2D eigenvalue weighted by Crippen LogP contribution is 2.32. The van der Waals surface area contributed by atoms with Crippen LogP contribution in [0.15, 0.2) is 12.1 Å². The Balaban J connectivity index is 1.52. The first-order valence-electron chi connectivity index (χ1n) is 9.51. The fourth-order valence-electron chi connectivity index (χ4n) is 3.79. The van der Waals surface area contributed by atoms with Crippen molar-refractivity contribution in [2.75, 3.05) is 13.2 Å². The zero-order valence-corrected chi connectivity index (χ0v) is 16.8. The fraction of sp³-hybridized carbons (Fsp3) is 0.700. The molecule has 0 atom stereocenters. The maximum atomic E-state index is 14.3. The van der Waals surface area contributed by atoms with Gasteiger partial charge in [0.2, 0.25) is 11.6 Å². The van der Waals surface area contributed by atoms with E-state index < -0.39 is 11.6 Å². The summed E-state index contributed by atoms with van der Waals surface area (Å²) in [7, 11) is 0. The molecule has 0 amide bonds. The lowest BCUT2D eigenvalue weighted by Gasteiger charge is -2.25. The van der Waals surface area contributed by atoms with E-state index in [1.165, 1.54) is 44.2 Å². The largest absolute Gasteiger partial charge is 0.490 e. The van der Waals surface area contributed by atoms with Gasteiger partial charge in [-0.2, -0.15) is 8.78 Å². The SMILES string of the molecule is Fc1c(OCC2CCCCC2)ccc(OCC2CCC(I)CC2)c1F. The van der Waals surface area contributed by atoms with Gasteiger partial charge < -0.3 is 9.47 Å². The number of benzene rings is 1. The molecule has 0 N–H and O–H groups in total. The molecule has 0 spiro atoms. The van der Waals surface area contributed by atoms with Crippen LogP contribution in [-0.4, -0.2) is 17.1 Å². The lowest BCUT2D eigenvalue weighted by molar-refractivity contribution is 0.192. The first-order valence-corrected chi connectivity index (χ1v) is 10.8. The Kier molecular flexibility index (Phi) is 7.19. The van der Waals surface area contributed by atoms with Crippen LogP contribution in [0.4, 0.5) is 8.78 Å². The average Bonchev–Trinajstić information content (AvgIpc) is 2.64. The smallest absolute Gasteiger partial charge is 0.204 e. The van der Waals surface area contributed by atoms with E-state index in [-0.39, 0.29) is 11.5 Å². The summed E-state index contributed by atoms with van der Waals surface area (Å²) in [5.74, 6) is -0.955. The van der Waals surface area contributed by atoms with Crippen LogP contribution in [0.1, 0.15) is 57.8 Å². The van der Waals surface area contributed by atoms with Gasteiger partial charge in [0.05, 0.1) is 13.2 Å². The van der Waals surface area contributed by atoms with Gasteiger partial charge in [-0.05, 0) is 62.5 Å². The van der Waals surface area contributed by atoms with E-state index in [0.29, 0.717) is 25.0 Å². The predicted octanol–water partition coefficient (Wildman–Crippen LogP) is 6.30. The summed E-state index contributed by atoms with van der Waals surface area (Å²) in [6.07, 6.45) is 10.5. The minimum atomic E-state index is -0.927. The van der Waals surface area contributed by atoms with Gasteiger partial charge in [-0.15, -0.1) is 0 Å². The highest BCUT2D eigenvalue weighted by atomic mass is 127. The van der Waals surface area contributed by atoms with Crippen molar-refractivity contribution < 1.29 is 18.3 Å². The van der Waals surface area contributed by atoms with Crippen LogP contribution in [0.5, 0.6) is 11.5 Å². The number of hydrogen-bond acceptors (Lipinski definition) is 2. The summed E-state index contributed by atoms with van der Waals surface area (Å²) < 4.78 is 40.4. The molecule has 3 rings (SSSR count). The van der Waals surface area contributed by atoms with E-state index in [4.69, 9.17) is 9.47 Å². The molecule has 140 valence electrons. The Morgan fingerprint density at radius 2 is 1.24 bits per heavy atom. The zero-order chi connectivity index (χ0) is 17.6. The molecular formula is C20H27F2IO2. The minimum Gasteiger partial charge on any atom is -0.490 e. The van der Waals surface area contributed by atoms with Crippen LogP contribution < -0.4 is 9.47 Å². The summed E-state index contributed by atoms with van der Waals surface area (Å²) >= 11 is 2.48. The molecule has 0 heterocycles. The molecule has 2 fully saturated rings. The van der Waals surface area contributed by atoms with Crippen molar-refractivity contribution in [1.29, 1.82) is 0 Å². The highest BCUT2D eigenvalue weighted by molar-refractivity contribution is 14.1. The Morgan fingerprint density at radius 1 is 0.760 bits per heavy atom. The monoisotopic (exact) mass is 464 g/mol. The second-order valence-corrected chi connectivity index (χ2v) is 9.20. The van der Waals surface area contributed by atoms with Crippen LogP contribution in [0.25, 0.3) is 0 Å². The van der Waals surface area contributed by atoms with Gasteiger partial charge in [0, 0.05) is 3.92 Å². The molecule has 1 aromatic carbocycles. The molecule has 0 radical (unpaired) electrons. The van der Waals surface area contributed by atoms with E-state index in [2.05, 4.69) is 22.6 Å². The molecule has 5 heteroatoms. The Bertz CT molecular complexity index is 553. The molecule has 0 bridgehead atoms. The van der Waals surface area contributed by atoms with Crippen molar-refractivity contribution in [3.05, 3.63) is 23.8 Å². The van der Waals surface area contributed by atoms with E-state index >= 15 is 0 Å². The number of halogens is 3. The van der Waals surface area contributed by atoms with Gasteiger partial charge in [-0.1, -0.05) is 41.9 Å². The van der Waals surface area contributed by atoms with Crippen molar-refractivity contribution >= 4 is 22.6 Å². The van der Waals surface area contributed by atoms with E-state index in [9.17, 15) is 8.78 Å². The predicted molar refractivity (Wildman–Crippen MR) is 104 cm³/mol. The Hall–Kier alpha value is -0.590. The first kappa shape index (κ1) is 19.2. The van der Waals surface area contributed by atoms with Gasteiger partial charge >= 0.3 is 0 Å². The van der Waals surface area contributed by atoms with E-state index in [1.807, 2.05) is 0 Å². The van der Waals surface area contributed by atoms with Gasteiger partial charge in [-0.3, -0.25) is 0 Å². The van der Waals surface area contributed by atoms with Gasteiger partial charge in [-0.25, -0.2) is 0 Å². The standard InChI is InChI=1S/C20H27F2IO2/c21-19-17(24-12-14-4-2-1-3-5-14)10-11-18(20(19)22)25-13-15-6-8-16(23)9-7-15/h10-11,14-16H,1-9,12-13H2. The van der Waals surface area contributed by atoms with Crippen molar-refractivity contribution in [3.63, 3.8) is 0 Å². The minimum absolute atomic E-state index is 0.000781. The summed E-state index contributed by atoms with van der Waals surface area (Å²) in [4.78, 5) is 0. The van der Waals surface area contributed by atoms with Crippen molar-refractivity contribution in [2.45, 2.75) is 61.7 Å². The second kappa shape index (κ2) is 9.38. The van der Waals surface area contributed by atoms with Crippen LogP contribution >= 0.6 is 22.6 Å². The number of hydrogen-bond donors (Lipinski definition) is 0. The molecule has 2 aliphatic carbocycles. The highest BCUT2D eigenvalue weighted by Gasteiger charge is 2.22. The van der Waals surface area contributed by atoms with Crippen molar-refractivity contribution in [3.8, 4) is 11.5 Å². The number of alkyl halides is 1. The Morgan fingerprint density at radius 3 is 1.76 bits per heavy atom. The second-order valence-electron chi connectivity index (χ2n) is 7.43. The molecular weight excluding hydrogens is 437 g/mol. The summed E-state index contributed by atoms with van der Waals surface area (Å²) in [6.45, 7) is 0.929. The third kappa shape index (κ3) is 5.44. The van der Waals surface area contributed by atoms with Crippen LogP contribution in [-0.2, 0) is 0 Å². The Labute approximate surface area is 162 Å². The molecule has 1 aromatic rings. The molecule has 2 saturated carbocycles. The molecule has 2 nitrogen and oxygen atoms in total. The van der Waals surface area contributed by atoms with Crippen molar-refractivity contribution in [2.24, 2.45) is 11.8 Å². The van der Waals surface area contributed by atoms with Gasteiger partial charge in [0.15, 0.2) is 11.5 Å². The maximum absolute atomic E-state index is 14.3. The van der Waals surface area contributed by atoms with E-state index in [0.717, 1.165) is 29.6 Å². The third-order valence-electron chi connectivity index (χ3n) is 5.46. The fourth-order valence-corrected chi connectivity index (χ4v) is 4.51. The zero-order valence-electron chi connectivity index (χ0n) is 14.6. The molecule has 0 unspecified atom stereocenters. The molecule has 0 saturated heterocycles. The summed E-state index contributed by atoms with van der Waals surface area (Å²) in [5.41, 5.74) is 0. The van der Waals surface area contributed by atoms with E-state index in [1.54, 1.807) is 0 Å². The van der Waals surface area contributed by atoms with Gasteiger partial charge in [0.25, 0.3) is 0 Å². The normalized spacial score (nSPS) is 24.9. The maximum Gasteiger partial charge on any atom is 0.204 e. The number of ether oxygens (including phenoxy) is 2. The summed E-state index contributed by atoms with van der Waals surface area (Å²) in [6, 6.07) is 3.00. The lowest BCUT2D eigenvalue weighted by atomic mass is 9.90. The number of rotatable bonds is 6. The van der Waals surface area contributed by atoms with Gasteiger partial charge in [0.1, 0.15) is 0 Å². The van der Waals surface area contributed by atoms with Crippen molar-refractivity contribution in [1.82, 2.24) is 0 Å². The summed E-state index contributed by atoms with van der Waals surface area (Å²) in [5, 5.41) is 0. The molecule has 25 heavy (non-hydrogen) atoms. The third-order valence-corrected chi connectivity index (χ3v) is 6.71. The average molecular weight is 464 g/mol. The van der Waals surface area contributed by atoms with Crippen LogP contribution in [0, 0.1) is 23.5 Å². The lowest BCUT2D eigenvalue weighted by Crippen LogP contribution is -2.20. The first-order chi connectivity index (χ1) is 12.1. The van der Waals surface area contributed by atoms with Crippen LogP contribution in [0.2, 0.25) is 0 Å². The topological polar surface area (TPSA) is 18.5 Å². The quantitative estimate of drug-likeness (QED) is 0.364. The van der Waals surface area contributed by atoms with Crippen LogP contribution in [0.3, 0.4) is 0 Å². The molecule has 0 aliphatic heterocycles. The molecule has 2 aliphatic rings. The molecule has 0 aromatic heterocycles.